The molecule has 1 aliphatic heterocycles. The number of amides is 1. The highest BCUT2D eigenvalue weighted by Crippen LogP contribution is 2.24. The Morgan fingerprint density at radius 1 is 1.60 bits per heavy atom. The molecule has 1 aromatic carbocycles. The SMILES string of the molecule is COc1ccc(Cl)cc1CN(C)C(=O)[C@@H]1C[C@@H](O)CN1. The summed E-state index contributed by atoms with van der Waals surface area (Å²) >= 11 is 5.98. The minimum absolute atomic E-state index is 0.0384. The largest absolute Gasteiger partial charge is 0.496 e. The first-order chi connectivity index (χ1) is 9.51. The van der Waals surface area contributed by atoms with Gasteiger partial charge < -0.3 is 20.1 Å². The van der Waals surface area contributed by atoms with Crippen molar-refractivity contribution in [3.63, 3.8) is 0 Å². The maximum absolute atomic E-state index is 12.3. The zero-order chi connectivity index (χ0) is 14.7. The van der Waals surface area contributed by atoms with Crippen molar-refractivity contribution >= 4 is 17.5 Å². The normalized spacial score (nSPS) is 21.8. The number of hydrogen-bond donors (Lipinski definition) is 2. The van der Waals surface area contributed by atoms with Gasteiger partial charge in [-0.05, 0) is 24.6 Å². The molecule has 1 aromatic rings. The third kappa shape index (κ3) is 3.42. The van der Waals surface area contributed by atoms with Crippen LogP contribution in [0.5, 0.6) is 5.75 Å². The fourth-order valence-electron chi connectivity index (χ4n) is 2.38. The summed E-state index contributed by atoms with van der Waals surface area (Å²) in [5.74, 6) is 0.664. The molecule has 1 amide bonds. The number of aliphatic hydroxyl groups is 1. The van der Waals surface area contributed by atoms with Crippen LogP contribution < -0.4 is 10.1 Å². The number of carbonyl (C=O) groups excluding carboxylic acids is 1. The molecule has 0 unspecified atom stereocenters. The molecule has 1 fully saturated rings. The Bertz CT molecular complexity index is 495. The molecule has 20 heavy (non-hydrogen) atoms. The van der Waals surface area contributed by atoms with Gasteiger partial charge in [-0.25, -0.2) is 0 Å². The predicted octanol–water partition coefficient (Wildman–Crippen LogP) is 1.03. The van der Waals surface area contributed by atoms with Crippen molar-refractivity contribution in [2.75, 3.05) is 20.7 Å². The number of carbonyl (C=O) groups is 1. The van der Waals surface area contributed by atoms with Gasteiger partial charge in [-0.15, -0.1) is 0 Å². The van der Waals surface area contributed by atoms with E-state index >= 15 is 0 Å². The van der Waals surface area contributed by atoms with E-state index in [0.717, 1.165) is 5.56 Å². The summed E-state index contributed by atoms with van der Waals surface area (Å²) < 4.78 is 5.27. The third-order valence-corrected chi connectivity index (χ3v) is 3.67. The van der Waals surface area contributed by atoms with Crippen molar-refractivity contribution in [2.24, 2.45) is 0 Å². The van der Waals surface area contributed by atoms with E-state index in [1.165, 1.54) is 0 Å². The van der Waals surface area contributed by atoms with Crippen LogP contribution in [-0.4, -0.2) is 48.8 Å². The molecule has 0 bridgehead atoms. The Morgan fingerprint density at radius 2 is 2.35 bits per heavy atom. The number of hydrogen-bond acceptors (Lipinski definition) is 4. The Balaban J connectivity index is 2.05. The number of β-amino-alcohol motifs (C(OH)–C–C–N with tert-alkyl or cyclic N) is 1. The lowest BCUT2D eigenvalue weighted by atomic mass is 10.1. The number of methoxy groups -OCH3 is 1. The average Bonchev–Trinajstić information content (AvgIpc) is 2.84. The minimum Gasteiger partial charge on any atom is -0.496 e. The minimum atomic E-state index is -0.446. The first-order valence-corrected chi connectivity index (χ1v) is 6.88. The van der Waals surface area contributed by atoms with E-state index in [1.54, 1.807) is 37.3 Å². The first kappa shape index (κ1) is 15.1. The summed E-state index contributed by atoms with van der Waals surface area (Å²) in [6.45, 7) is 0.877. The average molecular weight is 299 g/mol. The van der Waals surface area contributed by atoms with Crippen LogP contribution >= 0.6 is 11.6 Å². The summed E-state index contributed by atoms with van der Waals surface area (Å²) in [6.07, 6.45) is 0.00798. The highest BCUT2D eigenvalue weighted by atomic mass is 35.5. The summed E-state index contributed by atoms with van der Waals surface area (Å²) in [5, 5.41) is 13.1. The molecule has 1 aliphatic rings. The van der Waals surface area contributed by atoms with Gasteiger partial charge in [0.1, 0.15) is 5.75 Å². The quantitative estimate of drug-likeness (QED) is 0.871. The van der Waals surface area contributed by atoms with Crippen molar-refractivity contribution in [3.8, 4) is 5.75 Å². The number of benzene rings is 1. The van der Waals surface area contributed by atoms with E-state index in [-0.39, 0.29) is 11.9 Å². The van der Waals surface area contributed by atoms with Crippen LogP contribution in [0.1, 0.15) is 12.0 Å². The summed E-state index contributed by atoms with van der Waals surface area (Å²) in [7, 11) is 3.32. The van der Waals surface area contributed by atoms with Gasteiger partial charge in [0.05, 0.1) is 19.3 Å². The lowest BCUT2D eigenvalue weighted by molar-refractivity contribution is -0.132. The molecular formula is C14H19ClN2O3. The van der Waals surface area contributed by atoms with Crippen LogP contribution in [0.4, 0.5) is 0 Å². The smallest absolute Gasteiger partial charge is 0.239 e. The summed E-state index contributed by atoms with van der Waals surface area (Å²) in [4.78, 5) is 13.9. The molecule has 0 aliphatic carbocycles. The maximum atomic E-state index is 12.3. The number of aliphatic hydroxyl groups excluding tert-OH is 1. The van der Waals surface area contributed by atoms with Gasteiger partial charge in [-0.1, -0.05) is 11.6 Å². The second kappa shape index (κ2) is 6.43. The van der Waals surface area contributed by atoms with Crippen molar-refractivity contribution in [1.29, 1.82) is 0 Å². The molecule has 1 saturated heterocycles. The Kier molecular flexibility index (Phi) is 4.86. The van der Waals surface area contributed by atoms with Crippen LogP contribution in [0, 0.1) is 0 Å². The molecule has 2 rings (SSSR count). The maximum Gasteiger partial charge on any atom is 0.239 e. The van der Waals surface area contributed by atoms with Crippen LogP contribution in [0.25, 0.3) is 0 Å². The zero-order valence-electron chi connectivity index (χ0n) is 11.6. The van der Waals surface area contributed by atoms with Gasteiger partial charge >= 0.3 is 0 Å². The number of nitrogens with zero attached hydrogens (tertiary/aromatic N) is 1. The molecule has 0 radical (unpaired) electrons. The Hall–Kier alpha value is -1.30. The van der Waals surface area contributed by atoms with Gasteiger partial charge in [-0.2, -0.15) is 0 Å². The number of ether oxygens (including phenoxy) is 1. The highest BCUT2D eigenvalue weighted by Gasteiger charge is 2.30. The highest BCUT2D eigenvalue weighted by molar-refractivity contribution is 6.30. The fraction of sp³-hybridized carbons (Fsp3) is 0.500. The molecule has 6 heteroatoms. The molecule has 2 N–H and O–H groups in total. The van der Waals surface area contributed by atoms with Crippen molar-refractivity contribution < 1.29 is 14.6 Å². The molecule has 5 nitrogen and oxygen atoms in total. The molecule has 2 atom stereocenters. The molecule has 0 spiro atoms. The second-order valence-corrected chi connectivity index (χ2v) is 5.44. The number of halogens is 1. The summed E-state index contributed by atoms with van der Waals surface area (Å²) in [5.41, 5.74) is 0.856. The van der Waals surface area contributed by atoms with E-state index in [2.05, 4.69) is 5.32 Å². The van der Waals surface area contributed by atoms with Gasteiger partial charge in [0, 0.05) is 30.7 Å². The Morgan fingerprint density at radius 3 is 2.95 bits per heavy atom. The van der Waals surface area contributed by atoms with E-state index in [9.17, 15) is 9.90 Å². The Labute approximate surface area is 123 Å². The van der Waals surface area contributed by atoms with Crippen molar-refractivity contribution in [3.05, 3.63) is 28.8 Å². The second-order valence-electron chi connectivity index (χ2n) is 5.00. The number of likely N-dealkylation sites (N-methyl/N-ethyl adjacent to an activating group) is 1. The molecule has 1 heterocycles. The van der Waals surface area contributed by atoms with E-state index in [0.29, 0.717) is 30.3 Å². The van der Waals surface area contributed by atoms with E-state index in [4.69, 9.17) is 16.3 Å². The predicted molar refractivity (Wildman–Crippen MR) is 76.9 cm³/mol. The first-order valence-electron chi connectivity index (χ1n) is 6.50. The van der Waals surface area contributed by atoms with Crippen LogP contribution in [0.2, 0.25) is 5.02 Å². The molecule has 0 saturated carbocycles. The van der Waals surface area contributed by atoms with Crippen LogP contribution in [0.15, 0.2) is 18.2 Å². The van der Waals surface area contributed by atoms with E-state index in [1.807, 2.05) is 0 Å². The van der Waals surface area contributed by atoms with Crippen LogP contribution in [-0.2, 0) is 11.3 Å². The lowest BCUT2D eigenvalue weighted by Crippen LogP contribution is -2.41. The molecular weight excluding hydrogens is 280 g/mol. The van der Waals surface area contributed by atoms with Gasteiger partial charge in [0.25, 0.3) is 0 Å². The monoisotopic (exact) mass is 298 g/mol. The van der Waals surface area contributed by atoms with Crippen molar-refractivity contribution in [1.82, 2.24) is 10.2 Å². The van der Waals surface area contributed by atoms with Crippen molar-refractivity contribution in [2.45, 2.75) is 25.1 Å². The fourth-order valence-corrected chi connectivity index (χ4v) is 2.57. The number of rotatable bonds is 4. The summed E-state index contributed by atoms with van der Waals surface area (Å²) in [6, 6.07) is 5.01. The molecule has 0 aromatic heterocycles. The zero-order valence-corrected chi connectivity index (χ0v) is 12.4. The lowest BCUT2D eigenvalue weighted by Gasteiger charge is -2.22. The van der Waals surface area contributed by atoms with Crippen LogP contribution in [0.3, 0.4) is 0 Å². The molecule has 110 valence electrons. The van der Waals surface area contributed by atoms with Gasteiger partial charge in [0.2, 0.25) is 5.91 Å². The number of nitrogens with one attached hydrogen (secondary N) is 1. The van der Waals surface area contributed by atoms with E-state index < -0.39 is 6.10 Å². The van der Waals surface area contributed by atoms with Gasteiger partial charge in [0.15, 0.2) is 0 Å². The standard InChI is InChI=1S/C14H19ClN2O3/c1-17(14(19)12-6-11(18)7-16-12)8-9-5-10(15)3-4-13(9)20-2/h3-5,11-12,16,18H,6-8H2,1-2H3/t11-,12+/m1/s1. The third-order valence-electron chi connectivity index (χ3n) is 3.43. The topological polar surface area (TPSA) is 61.8 Å². The van der Waals surface area contributed by atoms with Gasteiger partial charge in [-0.3, -0.25) is 4.79 Å².